The number of fused-ring (bicyclic) bond motifs is 14. The molecule has 0 spiro atoms. The van der Waals surface area contributed by atoms with E-state index in [4.69, 9.17) is 0 Å². The van der Waals surface area contributed by atoms with Crippen LogP contribution in [0.5, 0.6) is 0 Å². The SMILES string of the molecule is Cc1cc(C)c(-c2ccc3c(c2)c2cc(-c4c(C)cc(C)cc4C)cc4c2n3B2c3cc5c(cc3N(c3ccccc3)c3cccc-4c32)N(c2ccccc2)c2cccc3c2B5n2c4ccc(-c5c(C)cc(C)cc5C)cc4c4cc(-c5c(C)cc(C)cc5C)cc-3c42)c(C)c1. The lowest BCUT2D eigenvalue weighted by Gasteiger charge is -2.44. The van der Waals surface area contributed by atoms with Crippen molar-refractivity contribution in [2.75, 3.05) is 9.80 Å². The normalized spacial score (nSPS) is 13.1. The Hall–Kier alpha value is -10.8. The molecule has 6 heterocycles. The average Bonchev–Trinajstić information content (AvgIpc) is 1.30. The maximum absolute atomic E-state index is 2.78. The van der Waals surface area contributed by atoms with Crippen LogP contribution in [-0.4, -0.2) is 22.7 Å². The highest BCUT2D eigenvalue weighted by Gasteiger charge is 2.48. The number of anilines is 6. The first-order valence-electron chi connectivity index (χ1n) is 34.3. The van der Waals surface area contributed by atoms with E-state index >= 15 is 0 Å². The fourth-order valence-electron chi connectivity index (χ4n) is 19.2. The standard InChI is InChI=1S/C90H72B2N4/c1-49-33-53(5)83(54(6)34-49)61-29-31-77-69(41-61)73-45-63(85-57(9)37-51(3)38-58(85)10)43-71-67-25-19-27-79-87(67)91(95(77)89(71)73)75-47-76-82(48-81(75)93(79)65-21-15-13-16-22-65)94(66-23-17-14-18-24-66)80-28-20-26-68-72-44-64(86-59(11)39-52(4)40-60(86)12)46-74-70-42-62(84-55(7)35-50(2)36-56(84)8)30-32-78(70)96(90(72)74)92(76)88(68)80/h13-48H,1-12H3. The molecule has 6 heteroatoms. The molecule has 19 rings (SSSR count). The Kier molecular flexibility index (Phi) is 12.0. The smallest absolute Gasteiger partial charge is 0.333 e. The summed E-state index contributed by atoms with van der Waals surface area (Å²) < 4.78 is 5.56. The Balaban J connectivity index is 0.948. The van der Waals surface area contributed by atoms with Crippen molar-refractivity contribution in [2.45, 2.75) is 83.1 Å². The molecule has 458 valence electrons. The summed E-state index contributed by atoms with van der Waals surface area (Å²) in [6, 6.07) is 85.7. The molecule has 0 fully saturated rings. The zero-order chi connectivity index (χ0) is 65.2. The third-order valence-corrected chi connectivity index (χ3v) is 22.2. The van der Waals surface area contributed by atoms with Gasteiger partial charge in [0.1, 0.15) is 0 Å². The molecule has 0 N–H and O–H groups in total. The van der Waals surface area contributed by atoms with Crippen molar-refractivity contribution in [3.63, 3.8) is 0 Å². The predicted octanol–water partition coefficient (Wildman–Crippen LogP) is 21.1. The molecule has 4 aliphatic heterocycles. The van der Waals surface area contributed by atoms with Gasteiger partial charge >= 0.3 is 13.7 Å². The first kappa shape index (κ1) is 56.7. The molecule has 2 aromatic heterocycles. The molecule has 0 saturated heterocycles. The molecule has 0 unspecified atom stereocenters. The van der Waals surface area contributed by atoms with E-state index in [2.05, 4.69) is 320 Å². The lowest BCUT2D eigenvalue weighted by Crippen LogP contribution is -2.61. The van der Waals surface area contributed by atoms with E-state index in [1.807, 2.05) is 0 Å². The molecule has 4 nitrogen and oxygen atoms in total. The molecule has 0 saturated carbocycles. The fraction of sp³-hybridized carbons (Fsp3) is 0.133. The molecule has 0 atom stereocenters. The second kappa shape index (κ2) is 20.4. The third kappa shape index (κ3) is 7.87. The van der Waals surface area contributed by atoms with Crippen LogP contribution in [-0.2, 0) is 0 Å². The lowest BCUT2D eigenvalue weighted by atomic mass is 9.41. The Labute approximate surface area is 563 Å². The van der Waals surface area contributed by atoms with Crippen molar-refractivity contribution in [2.24, 2.45) is 0 Å². The van der Waals surface area contributed by atoms with Crippen LogP contribution in [0.2, 0.25) is 0 Å². The van der Waals surface area contributed by atoms with E-state index in [0.717, 1.165) is 11.4 Å². The van der Waals surface area contributed by atoms with Crippen LogP contribution in [0.3, 0.4) is 0 Å². The van der Waals surface area contributed by atoms with Crippen molar-refractivity contribution >= 4 is 113 Å². The summed E-state index contributed by atoms with van der Waals surface area (Å²) in [5, 5.41) is 5.12. The van der Waals surface area contributed by atoms with Gasteiger partial charge in [-0.2, -0.15) is 0 Å². The Morgan fingerprint density at radius 2 is 0.583 bits per heavy atom. The summed E-state index contributed by atoms with van der Waals surface area (Å²) in [5.41, 5.74) is 48.2. The molecular weight excluding hydrogens is 1160 g/mol. The van der Waals surface area contributed by atoms with E-state index in [1.165, 1.54) is 222 Å². The fourth-order valence-corrected chi connectivity index (χ4v) is 19.2. The van der Waals surface area contributed by atoms with Crippen LogP contribution in [0.25, 0.3) is 110 Å². The van der Waals surface area contributed by atoms with Gasteiger partial charge in [0.15, 0.2) is 0 Å². The Bertz CT molecular complexity index is 5550. The number of aryl methyl sites for hydroxylation is 12. The molecular formula is C90H72B2N4. The minimum Gasteiger partial charge on any atom is -0.375 e. The van der Waals surface area contributed by atoms with Crippen LogP contribution >= 0.6 is 0 Å². The number of hydrogen-bond acceptors (Lipinski definition) is 2. The third-order valence-electron chi connectivity index (χ3n) is 22.2. The van der Waals surface area contributed by atoms with Crippen molar-refractivity contribution in [1.29, 1.82) is 0 Å². The minimum atomic E-state index is -0.197. The van der Waals surface area contributed by atoms with E-state index in [1.54, 1.807) is 0 Å². The molecule has 15 aromatic rings. The first-order chi connectivity index (χ1) is 46.6. The van der Waals surface area contributed by atoms with Gasteiger partial charge in [0, 0.05) is 88.9 Å². The molecule has 0 radical (unpaired) electrons. The zero-order valence-electron chi connectivity index (χ0n) is 56.7. The van der Waals surface area contributed by atoms with Crippen molar-refractivity contribution in [3.8, 4) is 66.8 Å². The lowest BCUT2D eigenvalue weighted by molar-refractivity contribution is 1.23. The van der Waals surface area contributed by atoms with E-state index < -0.39 is 0 Å². The number of rotatable bonds is 6. The first-order valence-corrected chi connectivity index (χ1v) is 34.3. The Morgan fingerprint density at radius 3 is 0.938 bits per heavy atom. The number of para-hydroxylation sites is 2. The largest absolute Gasteiger partial charge is 0.375 e. The number of aromatic nitrogens is 2. The topological polar surface area (TPSA) is 16.3 Å². The predicted molar refractivity (Wildman–Crippen MR) is 412 cm³/mol. The van der Waals surface area contributed by atoms with Crippen molar-refractivity contribution in [3.05, 3.63) is 285 Å². The molecule has 0 amide bonds. The van der Waals surface area contributed by atoms with Crippen LogP contribution in [0, 0.1) is 83.1 Å². The van der Waals surface area contributed by atoms with Crippen molar-refractivity contribution < 1.29 is 0 Å². The maximum atomic E-state index is 2.78. The number of hydrogen-bond donors (Lipinski definition) is 0. The van der Waals surface area contributed by atoms with Gasteiger partial charge < -0.3 is 18.8 Å². The van der Waals surface area contributed by atoms with E-state index in [9.17, 15) is 0 Å². The van der Waals surface area contributed by atoms with Gasteiger partial charge in [0.25, 0.3) is 0 Å². The van der Waals surface area contributed by atoms with Gasteiger partial charge in [-0.25, -0.2) is 0 Å². The van der Waals surface area contributed by atoms with Crippen LogP contribution in [0.15, 0.2) is 218 Å². The summed E-state index contributed by atoms with van der Waals surface area (Å²) in [6.07, 6.45) is 0. The summed E-state index contributed by atoms with van der Waals surface area (Å²) >= 11 is 0. The van der Waals surface area contributed by atoms with Crippen LogP contribution < -0.4 is 31.7 Å². The summed E-state index contributed by atoms with van der Waals surface area (Å²) in [4.78, 5) is 5.19. The van der Waals surface area contributed by atoms with E-state index in [-0.39, 0.29) is 13.7 Å². The van der Waals surface area contributed by atoms with Crippen LogP contribution in [0.1, 0.15) is 66.8 Å². The Morgan fingerprint density at radius 1 is 0.250 bits per heavy atom. The van der Waals surface area contributed by atoms with Crippen molar-refractivity contribution in [1.82, 2.24) is 8.96 Å². The molecule has 96 heavy (non-hydrogen) atoms. The highest BCUT2D eigenvalue weighted by molar-refractivity contribution is 6.93. The van der Waals surface area contributed by atoms with Crippen LogP contribution in [0.4, 0.5) is 34.1 Å². The van der Waals surface area contributed by atoms with Gasteiger partial charge in [-0.3, -0.25) is 0 Å². The van der Waals surface area contributed by atoms with Gasteiger partial charge in [0.2, 0.25) is 0 Å². The zero-order valence-corrected chi connectivity index (χ0v) is 56.7. The second-order valence-corrected chi connectivity index (χ2v) is 28.7. The summed E-state index contributed by atoms with van der Waals surface area (Å²) in [7, 11) is 0. The number of benzene rings is 13. The summed E-state index contributed by atoms with van der Waals surface area (Å²) in [5.74, 6) is 0. The monoisotopic (exact) mass is 1230 g/mol. The minimum absolute atomic E-state index is 0.197. The van der Waals surface area contributed by atoms with Gasteiger partial charge in [-0.1, -0.05) is 150 Å². The molecule has 13 aromatic carbocycles. The molecule has 4 aliphatic rings. The number of nitrogens with zero attached hydrogens (tertiary/aromatic N) is 4. The highest BCUT2D eigenvalue weighted by Crippen LogP contribution is 2.52. The highest BCUT2D eigenvalue weighted by atomic mass is 15.2. The molecule has 0 bridgehead atoms. The van der Waals surface area contributed by atoms with Gasteiger partial charge in [0.05, 0.1) is 0 Å². The second-order valence-electron chi connectivity index (χ2n) is 28.7. The maximum Gasteiger partial charge on any atom is 0.333 e. The van der Waals surface area contributed by atoms with Gasteiger partial charge in [-0.05, 0) is 296 Å². The quantitative estimate of drug-likeness (QED) is 0.154. The molecule has 0 aliphatic carbocycles. The average molecular weight is 1230 g/mol. The van der Waals surface area contributed by atoms with E-state index in [0.29, 0.717) is 0 Å². The van der Waals surface area contributed by atoms with Gasteiger partial charge in [-0.15, -0.1) is 0 Å². The summed E-state index contributed by atoms with van der Waals surface area (Å²) in [6.45, 7) is 26.8.